The molecule has 4 rings (SSSR count). The SMILES string of the molecule is COc1ccc(CCN2C(=O)/C(=C\c3ccc4c(c3)C[C@@H](C)O4)SC2=S)cc1. The van der Waals surface area contributed by atoms with Crippen LogP contribution in [0.15, 0.2) is 47.4 Å². The summed E-state index contributed by atoms with van der Waals surface area (Å²) in [5, 5.41) is 0. The monoisotopic (exact) mass is 411 g/mol. The van der Waals surface area contributed by atoms with E-state index in [2.05, 4.69) is 13.0 Å². The Morgan fingerprint density at radius 3 is 2.82 bits per heavy atom. The molecule has 0 aliphatic carbocycles. The van der Waals surface area contributed by atoms with Crippen LogP contribution < -0.4 is 9.47 Å². The van der Waals surface area contributed by atoms with Gasteiger partial charge in [0.2, 0.25) is 0 Å². The van der Waals surface area contributed by atoms with Crippen molar-refractivity contribution < 1.29 is 14.3 Å². The van der Waals surface area contributed by atoms with Crippen LogP contribution in [0.4, 0.5) is 0 Å². The summed E-state index contributed by atoms with van der Waals surface area (Å²) < 4.78 is 11.5. The molecule has 0 bridgehead atoms. The van der Waals surface area contributed by atoms with Crippen molar-refractivity contribution in [2.75, 3.05) is 13.7 Å². The Hall–Kier alpha value is -2.31. The normalized spacial score (nSPS) is 19.9. The van der Waals surface area contributed by atoms with Crippen molar-refractivity contribution in [3.8, 4) is 11.5 Å². The number of rotatable bonds is 5. The van der Waals surface area contributed by atoms with Crippen LogP contribution in [0.1, 0.15) is 23.6 Å². The second kappa shape index (κ2) is 7.97. The van der Waals surface area contributed by atoms with Crippen LogP contribution in [0.5, 0.6) is 11.5 Å². The van der Waals surface area contributed by atoms with Crippen LogP contribution in [-0.2, 0) is 17.6 Å². The molecule has 0 unspecified atom stereocenters. The minimum atomic E-state index is -0.0198. The Morgan fingerprint density at radius 1 is 1.29 bits per heavy atom. The minimum Gasteiger partial charge on any atom is -0.497 e. The molecule has 2 aliphatic heterocycles. The molecule has 1 atom stereocenters. The number of ether oxygens (including phenoxy) is 2. The minimum absolute atomic E-state index is 0.0198. The zero-order valence-electron chi connectivity index (χ0n) is 15.8. The van der Waals surface area contributed by atoms with Crippen LogP contribution in [0, 0.1) is 0 Å². The summed E-state index contributed by atoms with van der Waals surface area (Å²) >= 11 is 6.82. The standard InChI is InChI=1S/C22H21NO3S2/c1-14-11-17-12-16(5-8-19(17)26-14)13-20-21(24)23(22(27)28-20)10-9-15-3-6-18(25-2)7-4-15/h3-8,12-14H,9-11H2,1-2H3/b20-13+/t14-/m1/s1. The second-order valence-electron chi connectivity index (χ2n) is 6.93. The Kier molecular flexibility index (Phi) is 5.42. The first-order chi connectivity index (χ1) is 13.5. The summed E-state index contributed by atoms with van der Waals surface area (Å²) in [7, 11) is 1.65. The second-order valence-corrected chi connectivity index (χ2v) is 8.61. The van der Waals surface area contributed by atoms with Crippen molar-refractivity contribution in [3.05, 3.63) is 64.1 Å². The number of amides is 1. The van der Waals surface area contributed by atoms with Gasteiger partial charge in [-0.1, -0.05) is 42.2 Å². The highest BCUT2D eigenvalue weighted by Crippen LogP contribution is 2.35. The molecule has 2 aliphatic rings. The van der Waals surface area contributed by atoms with E-state index in [1.54, 1.807) is 12.0 Å². The average molecular weight is 412 g/mol. The highest BCUT2D eigenvalue weighted by atomic mass is 32.2. The van der Waals surface area contributed by atoms with E-state index in [4.69, 9.17) is 21.7 Å². The van der Waals surface area contributed by atoms with Gasteiger partial charge in [0.1, 0.15) is 21.9 Å². The molecule has 2 heterocycles. The van der Waals surface area contributed by atoms with Crippen molar-refractivity contribution in [1.29, 1.82) is 0 Å². The van der Waals surface area contributed by atoms with Gasteiger partial charge in [0.05, 0.1) is 12.0 Å². The fourth-order valence-corrected chi connectivity index (χ4v) is 4.72. The highest BCUT2D eigenvalue weighted by Gasteiger charge is 2.31. The number of methoxy groups -OCH3 is 1. The predicted molar refractivity (Wildman–Crippen MR) is 117 cm³/mol. The fraction of sp³-hybridized carbons (Fsp3) is 0.273. The third-order valence-corrected chi connectivity index (χ3v) is 6.25. The number of hydrogen-bond acceptors (Lipinski definition) is 5. The molecule has 1 saturated heterocycles. The molecule has 4 nitrogen and oxygen atoms in total. The van der Waals surface area contributed by atoms with Gasteiger partial charge in [0.25, 0.3) is 5.91 Å². The first-order valence-corrected chi connectivity index (χ1v) is 10.4. The molecule has 0 aromatic heterocycles. The zero-order chi connectivity index (χ0) is 19.7. The first kappa shape index (κ1) is 19.0. The van der Waals surface area contributed by atoms with Crippen LogP contribution >= 0.6 is 24.0 Å². The molecular weight excluding hydrogens is 390 g/mol. The molecule has 1 amide bonds. The molecule has 0 saturated carbocycles. The maximum atomic E-state index is 12.8. The van der Waals surface area contributed by atoms with Crippen molar-refractivity contribution in [2.45, 2.75) is 25.9 Å². The Balaban J connectivity index is 1.44. The lowest BCUT2D eigenvalue weighted by molar-refractivity contribution is -0.122. The largest absolute Gasteiger partial charge is 0.497 e. The van der Waals surface area contributed by atoms with Gasteiger partial charge < -0.3 is 9.47 Å². The smallest absolute Gasteiger partial charge is 0.266 e. The third kappa shape index (κ3) is 3.93. The summed E-state index contributed by atoms with van der Waals surface area (Å²) in [6.45, 7) is 2.64. The number of carbonyl (C=O) groups is 1. The first-order valence-electron chi connectivity index (χ1n) is 9.21. The molecule has 2 aromatic rings. The maximum absolute atomic E-state index is 12.8. The molecule has 144 valence electrons. The molecular formula is C22H21NO3S2. The van der Waals surface area contributed by atoms with Gasteiger partial charge in [-0.25, -0.2) is 0 Å². The van der Waals surface area contributed by atoms with Gasteiger partial charge in [-0.15, -0.1) is 0 Å². The highest BCUT2D eigenvalue weighted by molar-refractivity contribution is 8.26. The van der Waals surface area contributed by atoms with E-state index in [9.17, 15) is 4.79 Å². The molecule has 0 N–H and O–H groups in total. The lowest BCUT2D eigenvalue weighted by atomic mass is 10.1. The van der Waals surface area contributed by atoms with Crippen LogP contribution in [-0.4, -0.2) is 34.9 Å². The number of thioether (sulfide) groups is 1. The van der Waals surface area contributed by atoms with E-state index in [0.29, 0.717) is 15.8 Å². The van der Waals surface area contributed by atoms with E-state index in [1.165, 1.54) is 17.3 Å². The van der Waals surface area contributed by atoms with Crippen molar-refractivity contribution in [1.82, 2.24) is 4.90 Å². The van der Waals surface area contributed by atoms with E-state index in [-0.39, 0.29) is 12.0 Å². The molecule has 6 heteroatoms. The number of benzene rings is 2. The number of thiocarbonyl (C=S) groups is 1. The summed E-state index contributed by atoms with van der Waals surface area (Å²) in [5.74, 6) is 1.75. The van der Waals surface area contributed by atoms with Crippen molar-refractivity contribution in [3.63, 3.8) is 0 Å². The van der Waals surface area contributed by atoms with E-state index in [1.807, 2.05) is 42.5 Å². The van der Waals surface area contributed by atoms with Gasteiger partial charge in [-0.2, -0.15) is 0 Å². The number of nitrogens with zero attached hydrogens (tertiary/aromatic N) is 1. The molecule has 0 radical (unpaired) electrons. The predicted octanol–water partition coefficient (Wildman–Crippen LogP) is 4.46. The van der Waals surface area contributed by atoms with Gasteiger partial charge >= 0.3 is 0 Å². The quantitative estimate of drug-likeness (QED) is 0.536. The Morgan fingerprint density at radius 2 is 2.07 bits per heavy atom. The fourth-order valence-electron chi connectivity index (χ4n) is 3.41. The lowest BCUT2D eigenvalue weighted by Gasteiger charge is -2.14. The van der Waals surface area contributed by atoms with E-state index in [0.717, 1.165) is 35.5 Å². The lowest BCUT2D eigenvalue weighted by Crippen LogP contribution is -2.30. The van der Waals surface area contributed by atoms with Crippen molar-refractivity contribution in [2.24, 2.45) is 0 Å². The van der Waals surface area contributed by atoms with E-state index < -0.39 is 0 Å². The third-order valence-electron chi connectivity index (χ3n) is 4.87. The number of carbonyl (C=O) groups excluding carboxylic acids is 1. The average Bonchev–Trinajstić information content (AvgIpc) is 3.19. The van der Waals surface area contributed by atoms with Gasteiger partial charge in [-0.3, -0.25) is 9.69 Å². The van der Waals surface area contributed by atoms with Crippen LogP contribution in [0.2, 0.25) is 0 Å². The Labute approximate surface area is 174 Å². The summed E-state index contributed by atoms with van der Waals surface area (Å²) in [6.07, 6.45) is 3.79. The molecule has 2 aromatic carbocycles. The number of fused-ring (bicyclic) bond motifs is 1. The summed E-state index contributed by atoms with van der Waals surface area (Å²) in [5.41, 5.74) is 3.34. The molecule has 28 heavy (non-hydrogen) atoms. The van der Waals surface area contributed by atoms with Crippen LogP contribution in [0.25, 0.3) is 6.08 Å². The van der Waals surface area contributed by atoms with Crippen LogP contribution in [0.3, 0.4) is 0 Å². The maximum Gasteiger partial charge on any atom is 0.266 e. The van der Waals surface area contributed by atoms with Gasteiger partial charge in [0, 0.05) is 13.0 Å². The molecule has 0 spiro atoms. The van der Waals surface area contributed by atoms with Gasteiger partial charge in [-0.05, 0) is 60.4 Å². The Bertz CT molecular complexity index is 953. The summed E-state index contributed by atoms with van der Waals surface area (Å²) in [6, 6.07) is 14.0. The number of hydrogen-bond donors (Lipinski definition) is 0. The topological polar surface area (TPSA) is 38.8 Å². The van der Waals surface area contributed by atoms with Gasteiger partial charge in [0.15, 0.2) is 0 Å². The molecule has 1 fully saturated rings. The van der Waals surface area contributed by atoms with E-state index >= 15 is 0 Å². The zero-order valence-corrected chi connectivity index (χ0v) is 17.4. The summed E-state index contributed by atoms with van der Waals surface area (Å²) in [4.78, 5) is 15.2. The van der Waals surface area contributed by atoms with Crippen molar-refractivity contribution >= 4 is 40.3 Å².